The number of anilines is 1. The number of nitrogens with one attached hydrogen (secondary N) is 1. The van der Waals surface area contributed by atoms with Gasteiger partial charge in [-0.15, -0.1) is 0 Å². The molecule has 0 aliphatic carbocycles. The first kappa shape index (κ1) is 27.2. The summed E-state index contributed by atoms with van der Waals surface area (Å²) in [5, 5.41) is 12.6. The zero-order valence-corrected chi connectivity index (χ0v) is 20.7. The van der Waals surface area contributed by atoms with Crippen LogP contribution in [-0.4, -0.2) is 37.8 Å². The van der Waals surface area contributed by atoms with E-state index in [1.165, 1.54) is 12.1 Å². The summed E-state index contributed by atoms with van der Waals surface area (Å²) in [4.78, 5) is 8.50. The van der Waals surface area contributed by atoms with Gasteiger partial charge in [0.05, 0.1) is 18.4 Å². The first-order valence-electron chi connectivity index (χ1n) is 11.8. The van der Waals surface area contributed by atoms with E-state index in [4.69, 9.17) is 4.74 Å². The summed E-state index contributed by atoms with van der Waals surface area (Å²) in [6, 6.07) is 11.2. The van der Waals surface area contributed by atoms with Crippen LogP contribution in [0.5, 0.6) is 0 Å². The zero-order valence-electron chi connectivity index (χ0n) is 20.7. The molecule has 0 spiro atoms. The maximum absolute atomic E-state index is 13.1. The van der Waals surface area contributed by atoms with Gasteiger partial charge in [-0.05, 0) is 47.7 Å². The predicted octanol–water partition coefficient (Wildman–Crippen LogP) is 6.18. The van der Waals surface area contributed by atoms with Crippen molar-refractivity contribution in [3.8, 4) is 0 Å². The molecule has 2 aromatic rings. The number of nitrogens with zero attached hydrogens (tertiary/aromatic N) is 2. The van der Waals surface area contributed by atoms with Crippen LogP contribution in [0, 0.1) is 18.8 Å². The van der Waals surface area contributed by atoms with E-state index in [1.54, 1.807) is 25.5 Å². The Balaban J connectivity index is 1.73. The van der Waals surface area contributed by atoms with Gasteiger partial charge in [-0.1, -0.05) is 37.3 Å². The molecule has 0 amide bonds. The number of alkyl halides is 3. The fraction of sp³-hybridized carbons (Fsp3) is 0.357. The molecule has 0 bridgehead atoms. The number of hydrogen-bond donors (Lipinski definition) is 2. The molecule has 0 aromatic heterocycles. The third-order valence-electron chi connectivity index (χ3n) is 5.84. The minimum atomic E-state index is -4.36. The van der Waals surface area contributed by atoms with E-state index in [2.05, 4.69) is 15.3 Å². The van der Waals surface area contributed by atoms with Gasteiger partial charge in [0.15, 0.2) is 0 Å². The molecular formula is C28H32F3N3O2. The van der Waals surface area contributed by atoms with Crippen LogP contribution in [0.25, 0.3) is 0 Å². The number of aryl methyl sites for hydroxylation is 1. The van der Waals surface area contributed by atoms with E-state index in [1.807, 2.05) is 44.5 Å². The molecule has 1 heterocycles. The molecular weight excluding hydrogens is 467 g/mol. The maximum atomic E-state index is 13.1. The summed E-state index contributed by atoms with van der Waals surface area (Å²) < 4.78 is 45.0. The van der Waals surface area contributed by atoms with E-state index in [0.29, 0.717) is 25.0 Å². The molecule has 36 heavy (non-hydrogen) atoms. The van der Waals surface area contributed by atoms with E-state index >= 15 is 0 Å². The molecule has 2 unspecified atom stereocenters. The molecule has 5 nitrogen and oxygen atoms in total. The van der Waals surface area contributed by atoms with Gasteiger partial charge in [-0.25, -0.2) is 0 Å². The largest absolute Gasteiger partial charge is 0.496 e. The van der Waals surface area contributed by atoms with Crippen molar-refractivity contribution in [2.24, 2.45) is 21.8 Å². The molecule has 3 rings (SSSR count). The van der Waals surface area contributed by atoms with Crippen LogP contribution >= 0.6 is 0 Å². The van der Waals surface area contributed by atoms with Crippen LogP contribution < -0.4 is 5.32 Å². The number of aliphatic imine (C=N–C) groups is 2. The second kappa shape index (κ2) is 12.5. The minimum absolute atomic E-state index is 0.0373. The Kier molecular flexibility index (Phi) is 9.47. The van der Waals surface area contributed by atoms with Gasteiger partial charge in [0.1, 0.15) is 5.76 Å². The predicted molar refractivity (Wildman–Crippen MR) is 138 cm³/mol. The first-order valence-corrected chi connectivity index (χ1v) is 11.8. The second-order valence-electron chi connectivity index (χ2n) is 9.00. The third-order valence-corrected chi connectivity index (χ3v) is 5.84. The standard InChI is InChI=1S/C28H32F3N3O2/c1-19(17-35)18-36-26-12-23(14-33-16-26)24(13-32-3)15-34-27-11-22(8-7-20(27)2)9-21-5-4-6-25(10-21)28(29,30)31/h4-8,10-11,13-16,19,23,34-35H,9,12,17-18H2,1-3H3/b24-15+,32-13?. The number of allylic oxidation sites excluding steroid dienone is 2. The number of benzene rings is 2. The van der Waals surface area contributed by atoms with Crippen LogP contribution in [0.2, 0.25) is 0 Å². The Labute approximate surface area is 210 Å². The molecule has 2 atom stereocenters. The number of ether oxygens (including phenoxy) is 1. The van der Waals surface area contributed by atoms with Crippen LogP contribution in [-0.2, 0) is 17.3 Å². The van der Waals surface area contributed by atoms with Crippen LogP contribution in [0.15, 0.2) is 76.2 Å². The first-order chi connectivity index (χ1) is 17.2. The number of rotatable bonds is 10. The number of aliphatic hydroxyl groups excluding tert-OH is 1. The zero-order chi connectivity index (χ0) is 26.1. The molecule has 2 aromatic carbocycles. The highest BCUT2D eigenvalue weighted by Gasteiger charge is 2.30. The summed E-state index contributed by atoms with van der Waals surface area (Å²) in [6.45, 7) is 4.36. The van der Waals surface area contributed by atoms with Crippen molar-refractivity contribution in [2.75, 3.05) is 25.6 Å². The number of halogens is 3. The topological polar surface area (TPSA) is 66.2 Å². The van der Waals surface area contributed by atoms with Gasteiger partial charge < -0.3 is 15.2 Å². The SMILES string of the molecule is CN=C/C(=C\Nc1cc(Cc2cccc(C(F)(F)F)c2)ccc1C)C1C=NC=C(OCC(C)CO)C1. The summed E-state index contributed by atoms with van der Waals surface area (Å²) in [7, 11) is 1.70. The molecule has 1 aliphatic heterocycles. The maximum Gasteiger partial charge on any atom is 0.416 e. The van der Waals surface area contributed by atoms with Crippen molar-refractivity contribution in [3.05, 3.63) is 88.5 Å². The van der Waals surface area contributed by atoms with Crippen LogP contribution in [0.4, 0.5) is 18.9 Å². The fourth-order valence-electron chi connectivity index (χ4n) is 3.73. The van der Waals surface area contributed by atoms with Gasteiger partial charge in [0, 0.05) is 56.2 Å². The Morgan fingerprint density at radius 3 is 2.75 bits per heavy atom. The van der Waals surface area contributed by atoms with Crippen molar-refractivity contribution >= 4 is 18.1 Å². The normalized spacial score (nSPS) is 17.2. The van der Waals surface area contributed by atoms with Crippen molar-refractivity contribution < 1.29 is 23.0 Å². The Morgan fingerprint density at radius 2 is 2.03 bits per heavy atom. The van der Waals surface area contributed by atoms with Gasteiger partial charge in [-0.2, -0.15) is 13.2 Å². The molecule has 0 saturated heterocycles. The fourth-order valence-corrected chi connectivity index (χ4v) is 3.73. The molecule has 2 N–H and O–H groups in total. The van der Waals surface area contributed by atoms with E-state index < -0.39 is 11.7 Å². The number of hydrogen-bond acceptors (Lipinski definition) is 5. The summed E-state index contributed by atoms with van der Waals surface area (Å²) in [6.07, 6.45) is 3.82. The quantitative estimate of drug-likeness (QED) is 0.384. The summed E-state index contributed by atoms with van der Waals surface area (Å²) >= 11 is 0. The Morgan fingerprint density at radius 1 is 1.25 bits per heavy atom. The average molecular weight is 500 g/mol. The van der Waals surface area contributed by atoms with Crippen molar-refractivity contribution in [3.63, 3.8) is 0 Å². The molecule has 0 fully saturated rings. The lowest BCUT2D eigenvalue weighted by Crippen LogP contribution is -2.16. The van der Waals surface area contributed by atoms with Crippen molar-refractivity contribution in [1.29, 1.82) is 0 Å². The van der Waals surface area contributed by atoms with Crippen molar-refractivity contribution in [2.45, 2.75) is 32.9 Å². The van der Waals surface area contributed by atoms with Crippen LogP contribution in [0.3, 0.4) is 0 Å². The van der Waals surface area contributed by atoms with Gasteiger partial charge in [-0.3, -0.25) is 9.98 Å². The average Bonchev–Trinajstić information content (AvgIpc) is 2.86. The van der Waals surface area contributed by atoms with Gasteiger partial charge in [0.2, 0.25) is 0 Å². The smallest absolute Gasteiger partial charge is 0.416 e. The highest BCUT2D eigenvalue weighted by molar-refractivity contribution is 5.87. The molecule has 8 heteroatoms. The van der Waals surface area contributed by atoms with Crippen LogP contribution in [0.1, 0.15) is 35.6 Å². The lowest BCUT2D eigenvalue weighted by atomic mass is 9.95. The highest BCUT2D eigenvalue weighted by atomic mass is 19.4. The Hall–Kier alpha value is -3.39. The van der Waals surface area contributed by atoms with Gasteiger partial charge >= 0.3 is 6.18 Å². The van der Waals surface area contributed by atoms with E-state index in [0.717, 1.165) is 34.2 Å². The lowest BCUT2D eigenvalue weighted by Gasteiger charge is -2.20. The van der Waals surface area contributed by atoms with Crippen molar-refractivity contribution in [1.82, 2.24) is 0 Å². The van der Waals surface area contributed by atoms with E-state index in [9.17, 15) is 18.3 Å². The van der Waals surface area contributed by atoms with Gasteiger partial charge in [0.25, 0.3) is 0 Å². The summed E-state index contributed by atoms with van der Waals surface area (Å²) in [5.74, 6) is 0.743. The summed E-state index contributed by atoms with van der Waals surface area (Å²) in [5.41, 5.74) is 3.63. The molecule has 0 radical (unpaired) electrons. The third kappa shape index (κ3) is 7.81. The highest BCUT2D eigenvalue weighted by Crippen LogP contribution is 2.30. The Bertz CT molecular complexity index is 1150. The minimum Gasteiger partial charge on any atom is -0.496 e. The molecule has 192 valence electrons. The second-order valence-corrected chi connectivity index (χ2v) is 9.00. The monoisotopic (exact) mass is 499 g/mol. The van der Waals surface area contributed by atoms with E-state index in [-0.39, 0.29) is 18.4 Å². The number of aliphatic hydroxyl groups is 1. The molecule has 1 aliphatic rings. The molecule has 0 saturated carbocycles. The lowest BCUT2D eigenvalue weighted by molar-refractivity contribution is -0.137.